The molecule has 78 valence electrons. The molecule has 0 aliphatic carbocycles. The number of nitrogens with two attached hydrogens (primary N) is 1. The fourth-order valence-corrected chi connectivity index (χ4v) is 1.52. The molecule has 4 nitrogen and oxygen atoms in total. The maximum Gasteiger partial charge on any atom is 0.257 e. The van der Waals surface area contributed by atoms with E-state index in [1.54, 1.807) is 12.1 Å². The molecule has 2 rings (SSSR count). The molecule has 6 heteroatoms. The Labute approximate surface area is 96.0 Å². The molecular formula is C9H7Cl2N3O. The van der Waals surface area contributed by atoms with Crippen LogP contribution in [0.25, 0.3) is 11.0 Å². The maximum absolute atomic E-state index is 5.85. The Balaban J connectivity index is 2.76. The average molecular weight is 244 g/mol. The molecule has 0 bridgehead atoms. The summed E-state index contributed by atoms with van der Waals surface area (Å²) in [6.07, 6.45) is 0. The molecule has 0 fully saturated rings. The second-order valence-electron chi connectivity index (χ2n) is 2.87. The van der Waals surface area contributed by atoms with Crippen molar-refractivity contribution in [3.63, 3.8) is 0 Å². The predicted molar refractivity (Wildman–Crippen MR) is 60.5 cm³/mol. The zero-order chi connectivity index (χ0) is 11.0. The van der Waals surface area contributed by atoms with Crippen molar-refractivity contribution >= 4 is 40.1 Å². The van der Waals surface area contributed by atoms with Gasteiger partial charge in [-0.1, -0.05) is 23.2 Å². The molecule has 0 aliphatic heterocycles. The largest absolute Gasteiger partial charge is 0.478 e. The minimum absolute atomic E-state index is 0.225. The van der Waals surface area contributed by atoms with Crippen molar-refractivity contribution < 1.29 is 4.74 Å². The zero-order valence-electron chi connectivity index (χ0n) is 7.79. The van der Waals surface area contributed by atoms with Crippen molar-refractivity contribution in [3.8, 4) is 5.88 Å². The number of nitrogen functional groups attached to an aromatic ring is 1. The number of nitrogens with zero attached hydrogens (tertiary/aromatic N) is 2. The second-order valence-corrected chi connectivity index (χ2v) is 3.69. The van der Waals surface area contributed by atoms with Crippen LogP contribution in [-0.2, 0) is 0 Å². The molecule has 0 spiro atoms. The van der Waals surface area contributed by atoms with Gasteiger partial charge in [0.25, 0.3) is 5.88 Å². The van der Waals surface area contributed by atoms with Crippen molar-refractivity contribution in [2.45, 2.75) is 0 Å². The summed E-state index contributed by atoms with van der Waals surface area (Å²) in [5.74, 6) is 0.504. The molecule has 15 heavy (non-hydrogen) atoms. The number of rotatable bonds is 1. The normalized spacial score (nSPS) is 10.6. The van der Waals surface area contributed by atoms with Crippen molar-refractivity contribution in [2.24, 2.45) is 0 Å². The lowest BCUT2D eigenvalue weighted by molar-refractivity contribution is 0.400. The molecule has 0 atom stereocenters. The average Bonchev–Trinajstić information content (AvgIpc) is 2.20. The third-order valence-electron chi connectivity index (χ3n) is 1.89. The van der Waals surface area contributed by atoms with Crippen LogP contribution in [0.1, 0.15) is 0 Å². The highest BCUT2D eigenvalue weighted by molar-refractivity contribution is 6.42. The first-order valence-electron chi connectivity index (χ1n) is 4.08. The number of methoxy groups -OCH3 is 1. The van der Waals surface area contributed by atoms with E-state index in [-0.39, 0.29) is 11.7 Å². The Bertz CT molecular complexity index is 530. The van der Waals surface area contributed by atoms with Gasteiger partial charge in [0.1, 0.15) is 0 Å². The molecule has 1 aromatic carbocycles. The monoisotopic (exact) mass is 243 g/mol. The van der Waals surface area contributed by atoms with E-state index in [4.69, 9.17) is 33.7 Å². The van der Waals surface area contributed by atoms with Gasteiger partial charge in [0.2, 0.25) is 0 Å². The van der Waals surface area contributed by atoms with Gasteiger partial charge in [0, 0.05) is 0 Å². The number of fused-ring (bicyclic) bond motifs is 1. The first-order valence-corrected chi connectivity index (χ1v) is 4.83. The lowest BCUT2D eigenvalue weighted by Crippen LogP contribution is -1.99. The van der Waals surface area contributed by atoms with Crippen LogP contribution in [0.2, 0.25) is 10.0 Å². The highest BCUT2D eigenvalue weighted by Gasteiger charge is 2.08. The van der Waals surface area contributed by atoms with Gasteiger partial charge in [0.15, 0.2) is 5.82 Å². The van der Waals surface area contributed by atoms with Gasteiger partial charge in [-0.3, -0.25) is 0 Å². The molecule has 0 unspecified atom stereocenters. The number of anilines is 1. The number of hydrogen-bond donors (Lipinski definition) is 1. The van der Waals surface area contributed by atoms with E-state index in [0.29, 0.717) is 21.1 Å². The first-order chi connectivity index (χ1) is 7.11. The Morgan fingerprint density at radius 2 is 1.67 bits per heavy atom. The van der Waals surface area contributed by atoms with E-state index in [0.717, 1.165) is 0 Å². The van der Waals surface area contributed by atoms with Gasteiger partial charge in [-0.25, -0.2) is 9.97 Å². The zero-order valence-corrected chi connectivity index (χ0v) is 9.30. The van der Waals surface area contributed by atoms with Gasteiger partial charge in [0.05, 0.1) is 28.2 Å². The highest BCUT2D eigenvalue weighted by atomic mass is 35.5. The molecule has 1 heterocycles. The standard InChI is InChI=1S/C9H7Cl2N3O/c1-15-9-8(12)13-6-2-4(10)5(11)3-7(6)14-9/h2-3H,1H3,(H2,12,13). The van der Waals surface area contributed by atoms with E-state index in [1.165, 1.54) is 7.11 Å². The third-order valence-corrected chi connectivity index (χ3v) is 2.61. The SMILES string of the molecule is COc1nc2cc(Cl)c(Cl)cc2nc1N. The first kappa shape index (κ1) is 10.3. The number of halogens is 2. The van der Waals surface area contributed by atoms with E-state index >= 15 is 0 Å². The highest BCUT2D eigenvalue weighted by Crippen LogP contribution is 2.28. The molecule has 0 saturated heterocycles. The number of benzene rings is 1. The van der Waals surface area contributed by atoms with E-state index in [2.05, 4.69) is 9.97 Å². The smallest absolute Gasteiger partial charge is 0.257 e. The summed E-state index contributed by atoms with van der Waals surface area (Å²) in [6, 6.07) is 3.23. The van der Waals surface area contributed by atoms with E-state index < -0.39 is 0 Å². The molecule has 0 saturated carbocycles. The van der Waals surface area contributed by atoms with Crippen LogP contribution in [0.4, 0.5) is 5.82 Å². The lowest BCUT2D eigenvalue weighted by Gasteiger charge is -2.05. The van der Waals surface area contributed by atoms with Gasteiger partial charge in [-0.2, -0.15) is 0 Å². The maximum atomic E-state index is 5.85. The minimum Gasteiger partial charge on any atom is -0.478 e. The molecular weight excluding hydrogens is 237 g/mol. The van der Waals surface area contributed by atoms with E-state index in [9.17, 15) is 0 Å². The Morgan fingerprint density at radius 1 is 1.13 bits per heavy atom. The van der Waals surface area contributed by atoms with Crippen molar-refractivity contribution in [3.05, 3.63) is 22.2 Å². The fraction of sp³-hybridized carbons (Fsp3) is 0.111. The molecule has 2 N–H and O–H groups in total. The summed E-state index contributed by atoms with van der Waals surface area (Å²) in [5.41, 5.74) is 6.79. The van der Waals surface area contributed by atoms with Crippen LogP contribution in [0, 0.1) is 0 Å². The summed E-state index contributed by atoms with van der Waals surface area (Å²) >= 11 is 11.7. The predicted octanol–water partition coefficient (Wildman–Crippen LogP) is 2.53. The van der Waals surface area contributed by atoms with Crippen molar-refractivity contribution in [2.75, 3.05) is 12.8 Å². The summed E-state index contributed by atoms with van der Waals surface area (Å²) in [5, 5.41) is 0.841. The van der Waals surface area contributed by atoms with Crippen LogP contribution in [0.3, 0.4) is 0 Å². The minimum atomic E-state index is 0.225. The number of aromatic nitrogens is 2. The summed E-state index contributed by atoms with van der Waals surface area (Å²) in [4.78, 5) is 8.24. The van der Waals surface area contributed by atoms with Crippen LogP contribution in [0.15, 0.2) is 12.1 Å². The van der Waals surface area contributed by atoms with Gasteiger partial charge in [-0.05, 0) is 12.1 Å². The van der Waals surface area contributed by atoms with Gasteiger partial charge in [-0.15, -0.1) is 0 Å². The Morgan fingerprint density at radius 3 is 2.20 bits per heavy atom. The molecule has 2 aromatic rings. The lowest BCUT2D eigenvalue weighted by atomic mass is 10.3. The summed E-state index contributed by atoms with van der Waals surface area (Å²) in [6.45, 7) is 0. The quantitative estimate of drug-likeness (QED) is 0.837. The van der Waals surface area contributed by atoms with Crippen molar-refractivity contribution in [1.82, 2.24) is 9.97 Å². The van der Waals surface area contributed by atoms with Crippen molar-refractivity contribution in [1.29, 1.82) is 0 Å². The molecule has 1 aromatic heterocycles. The fourth-order valence-electron chi connectivity index (χ4n) is 1.20. The van der Waals surface area contributed by atoms with Crippen LogP contribution < -0.4 is 10.5 Å². The van der Waals surface area contributed by atoms with Gasteiger partial charge >= 0.3 is 0 Å². The Kier molecular flexibility index (Phi) is 2.54. The molecule has 0 aliphatic rings. The number of hydrogen-bond acceptors (Lipinski definition) is 4. The van der Waals surface area contributed by atoms with Gasteiger partial charge < -0.3 is 10.5 Å². The van der Waals surface area contributed by atoms with Crippen LogP contribution in [0.5, 0.6) is 5.88 Å². The second kappa shape index (κ2) is 3.72. The third kappa shape index (κ3) is 1.78. The Hall–Kier alpha value is -1.26. The van der Waals surface area contributed by atoms with Crippen LogP contribution >= 0.6 is 23.2 Å². The summed E-state index contributed by atoms with van der Waals surface area (Å²) < 4.78 is 4.95. The molecule has 0 amide bonds. The summed E-state index contributed by atoms with van der Waals surface area (Å²) in [7, 11) is 1.48. The number of ether oxygens (including phenoxy) is 1. The van der Waals surface area contributed by atoms with Crippen LogP contribution in [-0.4, -0.2) is 17.1 Å². The molecule has 0 radical (unpaired) electrons. The van der Waals surface area contributed by atoms with E-state index in [1.807, 2.05) is 0 Å². The topological polar surface area (TPSA) is 61.0 Å².